The van der Waals surface area contributed by atoms with Crippen LogP contribution in [0.15, 0.2) is 54.6 Å². The molecule has 0 aromatic heterocycles. The van der Waals surface area contributed by atoms with Crippen LogP contribution < -0.4 is 15.4 Å². The zero-order chi connectivity index (χ0) is 24.3. The molecule has 2 aromatic carbocycles. The second kappa shape index (κ2) is 13.0. The van der Waals surface area contributed by atoms with Crippen molar-refractivity contribution in [2.24, 2.45) is 5.73 Å². The Morgan fingerprint density at radius 2 is 1.53 bits per heavy atom. The number of amides is 3. The molecule has 1 saturated heterocycles. The van der Waals surface area contributed by atoms with Gasteiger partial charge in [-0.15, -0.1) is 0 Å². The van der Waals surface area contributed by atoms with Crippen LogP contribution >= 0.6 is 11.9 Å². The van der Waals surface area contributed by atoms with E-state index in [-0.39, 0.29) is 17.1 Å². The maximum absolute atomic E-state index is 12.4. The van der Waals surface area contributed by atoms with E-state index in [4.69, 9.17) is 5.73 Å². The molecule has 4 N–H and O–H groups in total. The van der Waals surface area contributed by atoms with E-state index in [0.29, 0.717) is 30.8 Å². The summed E-state index contributed by atoms with van der Waals surface area (Å²) in [5.41, 5.74) is 7.41. The third kappa shape index (κ3) is 7.78. The lowest BCUT2D eigenvalue weighted by atomic mass is 10.1. The van der Waals surface area contributed by atoms with Crippen LogP contribution in [0, 0.1) is 0 Å². The number of primary amides is 1. The first-order chi connectivity index (χ1) is 16.4. The smallest absolute Gasteiger partial charge is 0.306 e. The number of nitrogens with one attached hydrogen (secondary N) is 1. The molecule has 34 heavy (non-hydrogen) atoms. The first-order valence-corrected chi connectivity index (χ1v) is 12.4. The molecule has 3 rings (SSSR count). The zero-order valence-corrected chi connectivity index (χ0v) is 20.0. The van der Waals surface area contributed by atoms with E-state index in [0.717, 1.165) is 56.0 Å². The van der Waals surface area contributed by atoms with Gasteiger partial charge in [-0.2, -0.15) is 0 Å². The van der Waals surface area contributed by atoms with Crippen LogP contribution in [0.25, 0.3) is 0 Å². The van der Waals surface area contributed by atoms with Gasteiger partial charge in [-0.3, -0.25) is 23.6 Å². The maximum atomic E-state index is 12.4. The lowest BCUT2D eigenvalue weighted by Crippen LogP contribution is -2.38. The van der Waals surface area contributed by atoms with Crippen LogP contribution in [0.5, 0.6) is 0 Å². The Kier molecular flexibility index (Phi) is 9.78. The van der Waals surface area contributed by atoms with Crippen molar-refractivity contribution in [3.8, 4) is 0 Å². The maximum Gasteiger partial charge on any atom is 0.306 e. The molecule has 3 amide bonds. The number of unbranched alkanes of at least 4 members (excludes halogenated alkanes) is 5. The lowest BCUT2D eigenvalue weighted by molar-refractivity contribution is -0.118. The largest absolute Gasteiger partial charge is 0.370 e. The molecule has 1 fully saturated rings. The molecule has 0 bridgehead atoms. The number of hydrogen-bond donors (Lipinski definition) is 3. The van der Waals surface area contributed by atoms with E-state index >= 15 is 0 Å². The fourth-order valence-electron chi connectivity index (χ4n) is 3.72. The van der Waals surface area contributed by atoms with Gasteiger partial charge in [-0.1, -0.05) is 56.0 Å². The fraction of sp³-hybridized carbons (Fsp3) is 0.400. The lowest BCUT2D eigenvalue weighted by Gasteiger charge is -2.25. The van der Waals surface area contributed by atoms with Crippen molar-refractivity contribution in [2.45, 2.75) is 64.3 Å². The molecule has 9 heteroatoms. The standard InChI is InChI=1S/C25H32N4O4S/c26-22(30)12-8-3-1-2-4-9-13-23(31)27-20-14-16-21(17-15-20)29-24(32)28(25(33)34-29)18-19-10-6-5-7-11-19/h5-7,10-11,14-17,24,32H,1-4,8-9,12-13,18H2,(H2,26,30)(H,27,31). The summed E-state index contributed by atoms with van der Waals surface area (Å²) >= 11 is 0.956. The summed E-state index contributed by atoms with van der Waals surface area (Å²) in [6.45, 7) is 0.325. The van der Waals surface area contributed by atoms with Crippen LogP contribution in [0.4, 0.5) is 16.2 Å². The van der Waals surface area contributed by atoms with Crippen molar-refractivity contribution in [3.63, 3.8) is 0 Å². The summed E-state index contributed by atoms with van der Waals surface area (Å²) in [7, 11) is 0. The van der Waals surface area contributed by atoms with E-state index < -0.39 is 6.35 Å². The summed E-state index contributed by atoms with van der Waals surface area (Å²) in [6.07, 6.45) is 5.51. The number of nitrogens with zero attached hydrogens (tertiary/aromatic N) is 2. The van der Waals surface area contributed by atoms with Crippen molar-refractivity contribution in [2.75, 3.05) is 9.62 Å². The Hall–Kier alpha value is -3.04. The SMILES string of the molecule is NC(=O)CCCCCCCCC(=O)Nc1ccc(N2SC(=O)N(Cc3ccccc3)C2O)cc1. The van der Waals surface area contributed by atoms with Gasteiger partial charge in [0, 0.05) is 18.5 Å². The van der Waals surface area contributed by atoms with Crippen molar-refractivity contribution < 1.29 is 19.5 Å². The highest BCUT2D eigenvalue weighted by Gasteiger charge is 2.38. The molecule has 0 spiro atoms. The van der Waals surface area contributed by atoms with Gasteiger partial charge in [0.15, 0.2) is 0 Å². The molecule has 182 valence electrons. The minimum absolute atomic E-state index is 0.0405. The number of nitrogens with two attached hydrogens (primary N) is 1. The van der Waals surface area contributed by atoms with Gasteiger partial charge in [-0.05, 0) is 42.7 Å². The summed E-state index contributed by atoms with van der Waals surface area (Å²) in [6, 6.07) is 16.6. The molecular formula is C25H32N4O4S. The predicted molar refractivity (Wildman–Crippen MR) is 135 cm³/mol. The molecule has 1 atom stereocenters. The molecule has 1 heterocycles. The van der Waals surface area contributed by atoms with Crippen LogP contribution in [-0.4, -0.2) is 33.4 Å². The Bertz CT molecular complexity index is 955. The summed E-state index contributed by atoms with van der Waals surface area (Å²) in [4.78, 5) is 36.7. The minimum atomic E-state index is -1.08. The topological polar surface area (TPSA) is 116 Å². The van der Waals surface area contributed by atoms with Gasteiger partial charge in [0.25, 0.3) is 0 Å². The van der Waals surface area contributed by atoms with Crippen LogP contribution in [0.3, 0.4) is 0 Å². The molecule has 1 aliphatic rings. The van der Waals surface area contributed by atoms with Gasteiger partial charge in [0.05, 0.1) is 24.2 Å². The summed E-state index contributed by atoms with van der Waals surface area (Å²) in [5.74, 6) is -0.292. The molecule has 2 aromatic rings. The van der Waals surface area contributed by atoms with Crippen molar-refractivity contribution in [1.29, 1.82) is 0 Å². The van der Waals surface area contributed by atoms with E-state index in [1.165, 1.54) is 4.90 Å². The van der Waals surface area contributed by atoms with Crippen LogP contribution in [0.2, 0.25) is 0 Å². The van der Waals surface area contributed by atoms with E-state index in [9.17, 15) is 19.5 Å². The molecule has 1 aliphatic heterocycles. The van der Waals surface area contributed by atoms with Crippen LogP contribution in [0.1, 0.15) is 56.9 Å². The van der Waals surface area contributed by atoms with Crippen molar-refractivity contribution >= 4 is 40.4 Å². The molecular weight excluding hydrogens is 452 g/mol. The average molecular weight is 485 g/mol. The normalized spacial score (nSPS) is 15.6. The van der Waals surface area contributed by atoms with Crippen molar-refractivity contribution in [3.05, 3.63) is 60.2 Å². The first kappa shape index (κ1) is 25.6. The van der Waals surface area contributed by atoms with Gasteiger partial charge in [-0.25, -0.2) is 0 Å². The van der Waals surface area contributed by atoms with Gasteiger partial charge >= 0.3 is 5.24 Å². The number of hydrogen-bond acceptors (Lipinski definition) is 6. The summed E-state index contributed by atoms with van der Waals surface area (Å²) in [5, 5.41) is 13.3. The molecule has 0 aliphatic carbocycles. The number of benzene rings is 2. The quantitative estimate of drug-likeness (QED) is 0.283. The second-order valence-corrected chi connectivity index (χ2v) is 9.25. The zero-order valence-electron chi connectivity index (χ0n) is 19.2. The second-order valence-electron chi connectivity index (χ2n) is 8.33. The first-order valence-electron chi connectivity index (χ1n) is 11.6. The minimum Gasteiger partial charge on any atom is -0.370 e. The number of rotatable bonds is 13. The van der Waals surface area contributed by atoms with E-state index in [1.54, 1.807) is 28.6 Å². The van der Waals surface area contributed by atoms with Gasteiger partial charge < -0.3 is 16.2 Å². The van der Waals surface area contributed by atoms with E-state index in [2.05, 4.69) is 5.32 Å². The highest BCUT2D eigenvalue weighted by Crippen LogP contribution is 2.35. The van der Waals surface area contributed by atoms with Crippen molar-refractivity contribution in [1.82, 2.24) is 4.90 Å². The Morgan fingerprint density at radius 3 is 2.18 bits per heavy atom. The Morgan fingerprint density at radius 1 is 0.912 bits per heavy atom. The number of anilines is 2. The number of carbonyl (C=O) groups excluding carboxylic acids is 3. The fourth-order valence-corrected chi connectivity index (χ4v) is 4.59. The predicted octanol–water partition coefficient (Wildman–Crippen LogP) is 4.60. The Balaban J connectivity index is 1.40. The Labute approximate surface area is 204 Å². The third-order valence-corrected chi connectivity index (χ3v) is 6.56. The molecule has 1 unspecified atom stereocenters. The molecule has 0 saturated carbocycles. The summed E-state index contributed by atoms with van der Waals surface area (Å²) < 4.78 is 1.56. The number of aliphatic hydroxyl groups is 1. The van der Waals surface area contributed by atoms with Crippen LogP contribution in [-0.2, 0) is 16.1 Å². The number of carbonyl (C=O) groups is 3. The average Bonchev–Trinajstić information content (AvgIpc) is 3.10. The van der Waals surface area contributed by atoms with E-state index in [1.807, 2.05) is 30.3 Å². The monoisotopic (exact) mass is 484 g/mol. The highest BCUT2D eigenvalue weighted by atomic mass is 32.2. The molecule has 0 radical (unpaired) electrons. The number of aliphatic hydroxyl groups excluding tert-OH is 1. The molecule has 8 nitrogen and oxygen atoms in total. The van der Waals surface area contributed by atoms with Gasteiger partial charge in [0.2, 0.25) is 18.2 Å². The highest BCUT2D eigenvalue weighted by molar-refractivity contribution is 8.15. The van der Waals surface area contributed by atoms with Gasteiger partial charge in [0.1, 0.15) is 0 Å². The third-order valence-electron chi connectivity index (χ3n) is 5.58.